The van der Waals surface area contributed by atoms with Gasteiger partial charge in [0.15, 0.2) is 0 Å². The van der Waals surface area contributed by atoms with Crippen molar-refractivity contribution >= 4 is 23.2 Å². The van der Waals surface area contributed by atoms with Gasteiger partial charge in [0.25, 0.3) is 0 Å². The molecule has 0 bridgehead atoms. The average Bonchev–Trinajstić information content (AvgIpc) is 3.44. The number of pyridine rings is 1. The molecule has 0 spiro atoms. The second-order valence-electron chi connectivity index (χ2n) is 10.3. The molecule has 2 N–H and O–H groups in total. The second kappa shape index (κ2) is 12.6. The van der Waals surface area contributed by atoms with Crippen LogP contribution in [-0.2, 0) is 26.9 Å². The van der Waals surface area contributed by atoms with E-state index in [9.17, 15) is 22.8 Å². The number of alkyl halides is 3. The lowest BCUT2D eigenvalue weighted by Gasteiger charge is -2.21. The lowest BCUT2D eigenvalue weighted by atomic mass is 9.96. The minimum absolute atomic E-state index is 0.0637. The quantitative estimate of drug-likeness (QED) is 0.260. The molecule has 0 atom stereocenters. The molecule has 0 unspecified atom stereocenters. The van der Waals surface area contributed by atoms with Gasteiger partial charge in [0.1, 0.15) is 0 Å². The van der Waals surface area contributed by atoms with Gasteiger partial charge in [0, 0.05) is 55.0 Å². The first-order chi connectivity index (χ1) is 20.2. The Morgan fingerprint density at radius 2 is 1.83 bits per heavy atom. The van der Waals surface area contributed by atoms with Crippen molar-refractivity contribution in [2.45, 2.75) is 38.8 Å². The maximum absolute atomic E-state index is 13.0. The fraction of sp³-hybridized carbons (Fsp3) is 0.290. The molecule has 1 fully saturated rings. The fourth-order valence-corrected chi connectivity index (χ4v) is 4.92. The Hall–Kier alpha value is -4.51. The number of carbonyl (C=O) groups is 2. The van der Waals surface area contributed by atoms with Gasteiger partial charge >= 0.3 is 6.18 Å². The Balaban J connectivity index is 1.29. The second-order valence-corrected chi connectivity index (χ2v) is 10.3. The largest absolute Gasteiger partial charge is 0.416 e. The zero-order valence-electron chi connectivity index (χ0n) is 22.9. The summed E-state index contributed by atoms with van der Waals surface area (Å²) in [5, 5.41) is 10.3. The summed E-state index contributed by atoms with van der Waals surface area (Å²) < 4.78 is 46.2. The molecular weight excluding hydrogens is 547 g/mol. The van der Waals surface area contributed by atoms with E-state index in [0.29, 0.717) is 48.2 Å². The molecule has 1 aliphatic rings. The van der Waals surface area contributed by atoms with Crippen LogP contribution in [0.2, 0.25) is 0 Å². The lowest BCUT2D eigenvalue weighted by Crippen LogP contribution is -2.22. The van der Waals surface area contributed by atoms with E-state index in [1.807, 2.05) is 19.2 Å². The number of anilines is 2. The van der Waals surface area contributed by atoms with Crippen LogP contribution in [0.1, 0.15) is 36.0 Å². The molecular formula is C31H30F3N5O3. The molecule has 0 saturated carbocycles. The van der Waals surface area contributed by atoms with E-state index in [0.717, 1.165) is 36.1 Å². The van der Waals surface area contributed by atoms with E-state index in [2.05, 4.69) is 20.7 Å². The van der Waals surface area contributed by atoms with Crippen LogP contribution >= 0.6 is 0 Å². The first-order valence-electron chi connectivity index (χ1n) is 13.6. The third-order valence-corrected chi connectivity index (χ3v) is 7.16. The molecule has 1 aliphatic heterocycles. The van der Waals surface area contributed by atoms with E-state index >= 15 is 0 Å². The number of aromatic nitrogens is 3. The highest BCUT2D eigenvalue weighted by molar-refractivity contribution is 5.95. The van der Waals surface area contributed by atoms with Crippen LogP contribution in [0.15, 0.2) is 73.3 Å². The summed E-state index contributed by atoms with van der Waals surface area (Å²) in [4.78, 5) is 29.6. The fourth-order valence-electron chi connectivity index (χ4n) is 4.92. The molecule has 42 heavy (non-hydrogen) atoms. The Bertz CT molecular complexity index is 1580. The van der Waals surface area contributed by atoms with Gasteiger partial charge in [-0.1, -0.05) is 24.3 Å². The molecule has 8 nitrogen and oxygen atoms in total. The van der Waals surface area contributed by atoms with Crippen LogP contribution in [0.5, 0.6) is 0 Å². The molecule has 218 valence electrons. The Morgan fingerprint density at radius 3 is 2.62 bits per heavy atom. The van der Waals surface area contributed by atoms with Gasteiger partial charge in [-0.15, -0.1) is 0 Å². The molecule has 0 radical (unpaired) electrons. The summed E-state index contributed by atoms with van der Waals surface area (Å²) >= 11 is 0. The average molecular weight is 578 g/mol. The predicted molar refractivity (Wildman–Crippen MR) is 152 cm³/mol. The van der Waals surface area contributed by atoms with Crippen molar-refractivity contribution in [3.63, 3.8) is 0 Å². The van der Waals surface area contributed by atoms with Crippen LogP contribution in [-0.4, -0.2) is 39.8 Å². The number of hydrogen-bond donors (Lipinski definition) is 2. The minimum Gasteiger partial charge on any atom is -0.381 e. The normalized spacial score (nSPS) is 14.0. The molecule has 11 heteroatoms. The van der Waals surface area contributed by atoms with Gasteiger partial charge < -0.3 is 15.4 Å². The summed E-state index contributed by atoms with van der Waals surface area (Å²) in [6.07, 6.45) is 4.25. The number of aryl methyl sites for hydroxylation is 1. The van der Waals surface area contributed by atoms with Crippen molar-refractivity contribution in [2.75, 3.05) is 23.8 Å². The summed E-state index contributed by atoms with van der Waals surface area (Å²) in [6, 6.07) is 11.8. The first kappa shape index (κ1) is 29.0. The summed E-state index contributed by atoms with van der Waals surface area (Å²) in [5.74, 6) is -0.208. The third-order valence-electron chi connectivity index (χ3n) is 7.16. The van der Waals surface area contributed by atoms with E-state index in [1.165, 1.54) is 12.1 Å². The van der Waals surface area contributed by atoms with Crippen LogP contribution in [0.3, 0.4) is 0 Å². The number of ether oxygens (including phenoxy) is 1. The third kappa shape index (κ3) is 7.22. The SMILES string of the molecule is Cc1ccc(NC(=O)Cc2cccc(C(F)(F)F)c2)cc1-n1cc(-c2cnccc2NC(=O)CC2CCOCC2)cn1. The van der Waals surface area contributed by atoms with Crippen LogP contribution in [0.25, 0.3) is 16.8 Å². The number of halogens is 3. The van der Waals surface area contributed by atoms with Crippen LogP contribution < -0.4 is 10.6 Å². The maximum Gasteiger partial charge on any atom is 0.416 e. The van der Waals surface area contributed by atoms with E-state index < -0.39 is 17.6 Å². The predicted octanol–water partition coefficient (Wildman–Crippen LogP) is 6.20. The highest BCUT2D eigenvalue weighted by Crippen LogP contribution is 2.31. The highest BCUT2D eigenvalue weighted by atomic mass is 19.4. The van der Waals surface area contributed by atoms with Crippen LogP contribution in [0, 0.1) is 12.8 Å². The van der Waals surface area contributed by atoms with Crippen molar-refractivity contribution < 1.29 is 27.5 Å². The van der Waals surface area contributed by atoms with Crippen LogP contribution in [0.4, 0.5) is 24.5 Å². The maximum atomic E-state index is 13.0. The monoisotopic (exact) mass is 577 g/mol. The number of amides is 2. The molecule has 4 aromatic rings. The summed E-state index contributed by atoms with van der Waals surface area (Å²) in [7, 11) is 0. The van der Waals surface area contributed by atoms with E-state index in [-0.39, 0.29) is 17.9 Å². The number of benzene rings is 2. The van der Waals surface area contributed by atoms with E-state index in [1.54, 1.807) is 41.5 Å². The van der Waals surface area contributed by atoms with Gasteiger partial charge in [-0.3, -0.25) is 14.6 Å². The zero-order chi connectivity index (χ0) is 29.7. The number of rotatable bonds is 8. The van der Waals surface area contributed by atoms with Crippen molar-refractivity contribution in [3.8, 4) is 16.8 Å². The van der Waals surface area contributed by atoms with Gasteiger partial charge in [-0.05, 0) is 61.1 Å². The number of nitrogens with zero attached hydrogens (tertiary/aromatic N) is 3. The molecule has 2 amide bonds. The van der Waals surface area contributed by atoms with Crippen molar-refractivity contribution in [1.82, 2.24) is 14.8 Å². The number of nitrogens with one attached hydrogen (secondary N) is 2. The van der Waals surface area contributed by atoms with Crippen molar-refractivity contribution in [2.24, 2.45) is 5.92 Å². The zero-order valence-corrected chi connectivity index (χ0v) is 22.9. The summed E-state index contributed by atoms with van der Waals surface area (Å²) in [5.41, 5.74) is 3.62. The molecule has 3 heterocycles. The standard InChI is InChI=1S/C31H30F3N5O3/c1-20-5-6-25(37-29(40)15-22-3-2-4-24(13-22)31(32,33)34)16-28(20)39-19-23(17-36-39)26-18-35-10-7-27(26)38-30(41)14-21-8-11-42-12-9-21/h2-7,10,13,16-19,21H,8-9,11-12,14-15H2,1H3,(H,37,40)(H,35,38,41). The number of hydrogen-bond acceptors (Lipinski definition) is 5. The van der Waals surface area contributed by atoms with Crippen molar-refractivity contribution in [1.29, 1.82) is 0 Å². The number of carbonyl (C=O) groups excluding carboxylic acids is 2. The Morgan fingerprint density at radius 1 is 1.02 bits per heavy atom. The lowest BCUT2D eigenvalue weighted by molar-refractivity contribution is -0.137. The van der Waals surface area contributed by atoms with Gasteiger partial charge in [-0.25, -0.2) is 4.68 Å². The van der Waals surface area contributed by atoms with Gasteiger partial charge in [0.2, 0.25) is 11.8 Å². The topological polar surface area (TPSA) is 98.1 Å². The van der Waals surface area contributed by atoms with Gasteiger partial charge in [-0.2, -0.15) is 18.3 Å². The summed E-state index contributed by atoms with van der Waals surface area (Å²) in [6.45, 7) is 3.26. The highest BCUT2D eigenvalue weighted by Gasteiger charge is 2.30. The Labute approximate surface area is 240 Å². The van der Waals surface area contributed by atoms with Crippen molar-refractivity contribution in [3.05, 3.63) is 90.0 Å². The first-order valence-corrected chi connectivity index (χ1v) is 13.6. The molecule has 5 rings (SSSR count). The van der Waals surface area contributed by atoms with Gasteiger partial charge in [0.05, 0.1) is 29.6 Å². The molecule has 1 saturated heterocycles. The Kier molecular flexibility index (Phi) is 8.67. The molecule has 0 aliphatic carbocycles. The molecule has 2 aromatic carbocycles. The minimum atomic E-state index is -4.48. The smallest absolute Gasteiger partial charge is 0.381 e. The van der Waals surface area contributed by atoms with E-state index in [4.69, 9.17) is 4.74 Å². The molecule has 2 aromatic heterocycles.